The molecule has 6 heteroatoms. The van der Waals surface area contributed by atoms with Crippen LogP contribution in [0.2, 0.25) is 5.02 Å². The lowest BCUT2D eigenvalue weighted by Crippen LogP contribution is -2.01. The summed E-state index contributed by atoms with van der Waals surface area (Å²) in [6.45, 7) is 1.92. The number of rotatable bonds is 3. The summed E-state index contributed by atoms with van der Waals surface area (Å²) in [5.74, 6) is -0.347. The van der Waals surface area contributed by atoms with Gasteiger partial charge < -0.3 is 5.11 Å². The highest BCUT2D eigenvalue weighted by atomic mass is 35.5. The molecule has 4 nitrogen and oxygen atoms in total. The maximum absolute atomic E-state index is 13.0. The van der Waals surface area contributed by atoms with Crippen LogP contribution in [0.15, 0.2) is 24.4 Å². The number of benzene rings is 1. The number of halogens is 2. The number of hydrogen-bond donors (Lipinski definition) is 1. The summed E-state index contributed by atoms with van der Waals surface area (Å²) in [7, 11) is 0. The van der Waals surface area contributed by atoms with Crippen molar-refractivity contribution in [3.05, 3.63) is 46.5 Å². The van der Waals surface area contributed by atoms with Gasteiger partial charge >= 0.3 is 0 Å². The van der Waals surface area contributed by atoms with E-state index < -0.39 is 6.10 Å². The van der Waals surface area contributed by atoms with Crippen LogP contribution in [0.1, 0.15) is 24.3 Å². The Labute approximate surface area is 103 Å². The summed E-state index contributed by atoms with van der Waals surface area (Å²) >= 11 is 5.94. The molecular weight excluding hydrogens is 245 g/mol. The Balaban J connectivity index is 2.22. The molecule has 1 aromatic carbocycles. The number of aliphatic hydroxyl groups excluding tert-OH is 1. The topological polar surface area (TPSA) is 50.9 Å². The van der Waals surface area contributed by atoms with Crippen LogP contribution in [-0.4, -0.2) is 20.1 Å². The molecule has 0 bridgehead atoms. The summed E-state index contributed by atoms with van der Waals surface area (Å²) < 4.78 is 14.5. The van der Waals surface area contributed by atoms with Crippen LogP contribution in [0.5, 0.6) is 0 Å². The Morgan fingerprint density at radius 2 is 2.29 bits per heavy atom. The van der Waals surface area contributed by atoms with E-state index in [-0.39, 0.29) is 5.82 Å². The zero-order valence-electron chi connectivity index (χ0n) is 9.14. The van der Waals surface area contributed by atoms with Crippen LogP contribution in [-0.2, 0) is 6.54 Å². The third-order valence-corrected chi connectivity index (χ3v) is 2.69. The highest BCUT2D eigenvalue weighted by molar-refractivity contribution is 6.31. The van der Waals surface area contributed by atoms with Crippen molar-refractivity contribution in [3.8, 4) is 0 Å². The number of hydrogen-bond acceptors (Lipinski definition) is 3. The predicted molar refractivity (Wildman–Crippen MR) is 61.2 cm³/mol. The largest absolute Gasteiger partial charge is 0.387 e. The Morgan fingerprint density at radius 1 is 1.53 bits per heavy atom. The second kappa shape index (κ2) is 4.81. The minimum atomic E-state index is -0.674. The lowest BCUT2D eigenvalue weighted by atomic mass is 10.2. The molecule has 1 heterocycles. The first-order valence-electron chi connectivity index (χ1n) is 5.08. The lowest BCUT2D eigenvalue weighted by molar-refractivity contribution is 0.194. The van der Waals surface area contributed by atoms with E-state index in [1.54, 1.807) is 13.1 Å². The van der Waals surface area contributed by atoms with E-state index in [4.69, 9.17) is 11.6 Å². The van der Waals surface area contributed by atoms with Gasteiger partial charge in [0.1, 0.15) is 11.5 Å². The van der Waals surface area contributed by atoms with E-state index in [1.807, 2.05) is 0 Å². The normalized spacial score (nSPS) is 12.7. The van der Waals surface area contributed by atoms with Crippen molar-refractivity contribution in [2.24, 2.45) is 0 Å². The zero-order chi connectivity index (χ0) is 12.4. The summed E-state index contributed by atoms with van der Waals surface area (Å²) in [5, 5.41) is 17.4. The molecule has 0 saturated heterocycles. The van der Waals surface area contributed by atoms with Crippen molar-refractivity contribution >= 4 is 11.6 Å². The Morgan fingerprint density at radius 3 is 2.94 bits per heavy atom. The fourth-order valence-electron chi connectivity index (χ4n) is 1.42. The van der Waals surface area contributed by atoms with Crippen molar-refractivity contribution < 1.29 is 9.50 Å². The average molecular weight is 256 g/mol. The Kier molecular flexibility index (Phi) is 3.40. The quantitative estimate of drug-likeness (QED) is 0.915. The molecule has 0 amide bonds. The van der Waals surface area contributed by atoms with Gasteiger partial charge in [-0.15, -0.1) is 5.10 Å². The number of aliphatic hydroxyl groups is 1. The SMILES string of the molecule is CC(O)c1cn(Cc2cc(F)ccc2Cl)nn1. The number of aromatic nitrogens is 3. The molecule has 0 saturated carbocycles. The third kappa shape index (κ3) is 2.81. The van der Waals surface area contributed by atoms with Gasteiger partial charge in [0.05, 0.1) is 18.8 Å². The van der Waals surface area contributed by atoms with Crippen molar-refractivity contribution in [3.63, 3.8) is 0 Å². The average Bonchev–Trinajstić information content (AvgIpc) is 2.72. The Bertz CT molecular complexity index is 527. The Hall–Kier alpha value is -1.46. The second-order valence-corrected chi connectivity index (χ2v) is 4.16. The van der Waals surface area contributed by atoms with E-state index in [1.165, 1.54) is 22.9 Å². The first kappa shape index (κ1) is 12.0. The van der Waals surface area contributed by atoms with Crippen molar-refractivity contribution in [2.45, 2.75) is 19.6 Å². The molecule has 1 N–H and O–H groups in total. The molecule has 2 aromatic rings. The highest BCUT2D eigenvalue weighted by Crippen LogP contribution is 2.18. The van der Waals surface area contributed by atoms with Gasteiger partial charge in [0.15, 0.2) is 0 Å². The summed E-state index contributed by atoms with van der Waals surface area (Å²) in [5.41, 5.74) is 1.09. The van der Waals surface area contributed by atoms with Crippen molar-refractivity contribution in [2.75, 3.05) is 0 Å². The first-order valence-corrected chi connectivity index (χ1v) is 5.46. The number of nitrogens with zero attached hydrogens (tertiary/aromatic N) is 3. The van der Waals surface area contributed by atoms with E-state index in [0.29, 0.717) is 22.8 Å². The highest BCUT2D eigenvalue weighted by Gasteiger charge is 2.08. The molecule has 0 spiro atoms. The van der Waals surface area contributed by atoms with Crippen molar-refractivity contribution in [1.29, 1.82) is 0 Å². The van der Waals surface area contributed by atoms with E-state index in [0.717, 1.165) is 0 Å². The first-order chi connectivity index (χ1) is 8.06. The molecule has 0 aliphatic rings. The van der Waals surface area contributed by atoms with Gasteiger partial charge in [-0.2, -0.15) is 0 Å². The third-order valence-electron chi connectivity index (χ3n) is 2.32. The van der Waals surface area contributed by atoms with Crippen LogP contribution in [0.4, 0.5) is 4.39 Å². The maximum Gasteiger partial charge on any atom is 0.123 e. The smallest absolute Gasteiger partial charge is 0.123 e. The fraction of sp³-hybridized carbons (Fsp3) is 0.273. The van der Waals surface area contributed by atoms with Gasteiger partial charge in [-0.3, -0.25) is 0 Å². The molecule has 17 heavy (non-hydrogen) atoms. The molecule has 0 fully saturated rings. The van der Waals surface area contributed by atoms with Crippen LogP contribution >= 0.6 is 11.6 Å². The monoisotopic (exact) mass is 255 g/mol. The molecule has 0 aliphatic carbocycles. The predicted octanol–water partition coefficient (Wildman–Crippen LogP) is 2.17. The molecular formula is C11H11ClFN3O. The summed E-state index contributed by atoms with van der Waals surface area (Å²) in [6, 6.07) is 4.15. The van der Waals surface area contributed by atoms with Crippen molar-refractivity contribution in [1.82, 2.24) is 15.0 Å². The summed E-state index contributed by atoms with van der Waals surface area (Å²) in [4.78, 5) is 0. The van der Waals surface area contributed by atoms with Gasteiger partial charge in [0.25, 0.3) is 0 Å². The van der Waals surface area contributed by atoms with E-state index >= 15 is 0 Å². The fourth-order valence-corrected chi connectivity index (χ4v) is 1.60. The molecule has 1 atom stereocenters. The molecule has 90 valence electrons. The van der Waals surface area contributed by atoms with Crippen LogP contribution in [0.3, 0.4) is 0 Å². The maximum atomic E-state index is 13.0. The molecule has 1 aromatic heterocycles. The minimum Gasteiger partial charge on any atom is -0.387 e. The van der Waals surface area contributed by atoms with Gasteiger partial charge in [0, 0.05) is 5.02 Å². The van der Waals surface area contributed by atoms with Gasteiger partial charge in [-0.05, 0) is 30.7 Å². The summed E-state index contributed by atoms with van der Waals surface area (Å²) in [6.07, 6.45) is 0.929. The van der Waals surface area contributed by atoms with Crippen LogP contribution in [0, 0.1) is 5.82 Å². The van der Waals surface area contributed by atoms with Gasteiger partial charge in [-0.25, -0.2) is 9.07 Å². The lowest BCUT2D eigenvalue weighted by Gasteiger charge is -2.03. The van der Waals surface area contributed by atoms with E-state index in [2.05, 4.69) is 10.3 Å². The molecule has 0 aliphatic heterocycles. The van der Waals surface area contributed by atoms with Crippen LogP contribution < -0.4 is 0 Å². The molecule has 0 radical (unpaired) electrons. The van der Waals surface area contributed by atoms with E-state index in [9.17, 15) is 9.50 Å². The standard InChI is InChI=1S/C11H11ClFN3O/c1-7(17)11-6-16(15-14-11)5-8-4-9(13)2-3-10(8)12/h2-4,6-7,17H,5H2,1H3. The second-order valence-electron chi connectivity index (χ2n) is 3.75. The minimum absolute atomic E-state index is 0.316. The molecule has 2 rings (SSSR count). The van der Waals surface area contributed by atoms with Gasteiger partial charge in [0.2, 0.25) is 0 Å². The molecule has 1 unspecified atom stereocenters. The van der Waals surface area contributed by atoms with Crippen LogP contribution in [0.25, 0.3) is 0 Å². The van der Waals surface area contributed by atoms with Gasteiger partial charge in [-0.1, -0.05) is 16.8 Å². The zero-order valence-corrected chi connectivity index (χ0v) is 9.89.